The van der Waals surface area contributed by atoms with Gasteiger partial charge in [0, 0.05) is 6.07 Å². The minimum atomic E-state index is -6.09. The fourth-order valence-electron chi connectivity index (χ4n) is 2.49. The van der Waals surface area contributed by atoms with Gasteiger partial charge in [0.2, 0.25) is 5.52 Å². The fraction of sp³-hybridized carbons (Fsp3) is 0.538. The van der Waals surface area contributed by atoms with Gasteiger partial charge in [-0.15, -0.1) is 0 Å². The molecule has 15 heteroatoms. The highest BCUT2D eigenvalue weighted by molar-refractivity contribution is 7.86. The maximum atomic E-state index is 11.0. The van der Waals surface area contributed by atoms with Crippen LogP contribution in [0.2, 0.25) is 0 Å². The first-order valence-corrected chi connectivity index (χ1v) is 9.12. The molecule has 0 aliphatic carbocycles. The quantitative estimate of drug-likeness (QED) is 0.226. The summed E-state index contributed by atoms with van der Waals surface area (Å²) in [6.07, 6.45) is 0. The van der Waals surface area contributed by atoms with Crippen LogP contribution in [0.1, 0.15) is 0 Å². The summed E-state index contributed by atoms with van der Waals surface area (Å²) in [5.74, 6) is 0. The van der Waals surface area contributed by atoms with Gasteiger partial charge in [0.05, 0.1) is 50.9 Å². The Morgan fingerprint density at radius 2 is 1.68 bits per heavy atom. The molecule has 3 rings (SSSR count). The van der Waals surface area contributed by atoms with Crippen molar-refractivity contribution in [2.24, 2.45) is 0 Å². The van der Waals surface area contributed by atoms with E-state index < -0.39 is 20.5 Å². The van der Waals surface area contributed by atoms with Gasteiger partial charge in [-0.3, -0.25) is 10.1 Å². The van der Waals surface area contributed by atoms with Gasteiger partial charge in [0.1, 0.15) is 0 Å². The minimum Gasteiger partial charge on any atom is -0.741 e. The predicted molar refractivity (Wildman–Crippen MR) is 88.3 cm³/mol. The van der Waals surface area contributed by atoms with Gasteiger partial charge >= 0.3 is 11.2 Å². The molecule has 0 spiro atoms. The number of alkyl halides is 3. The van der Waals surface area contributed by atoms with Crippen LogP contribution in [-0.4, -0.2) is 78.5 Å². The van der Waals surface area contributed by atoms with Gasteiger partial charge in [-0.1, -0.05) is 0 Å². The van der Waals surface area contributed by atoms with Crippen molar-refractivity contribution in [1.29, 1.82) is 0 Å². The minimum absolute atomic E-state index is 0.0712. The lowest BCUT2D eigenvalue weighted by atomic mass is 10.2. The highest BCUT2D eigenvalue weighted by Gasteiger charge is 2.37. The third-order valence-corrected chi connectivity index (χ3v) is 4.71. The zero-order chi connectivity index (χ0) is 21.3. The Bertz CT molecular complexity index is 965. The van der Waals surface area contributed by atoms with Gasteiger partial charge in [0.15, 0.2) is 15.6 Å². The number of hydrogen-bond acceptors (Lipinski definition) is 9. The number of hydrogen-bond donors (Lipinski definition) is 0. The maximum absolute atomic E-state index is 11.0. The number of nitrogens with zero attached hydrogens (tertiary/aromatic N) is 5. The summed E-state index contributed by atoms with van der Waals surface area (Å²) in [5, 5.41) is 18.5. The van der Waals surface area contributed by atoms with Crippen LogP contribution in [-0.2, 0) is 10.1 Å². The molecule has 2 heterocycles. The largest absolute Gasteiger partial charge is 0.741 e. The van der Waals surface area contributed by atoms with Crippen molar-refractivity contribution in [2.75, 3.05) is 45.2 Å². The van der Waals surface area contributed by atoms with Gasteiger partial charge in [-0.25, -0.2) is 13.0 Å². The normalized spacial score (nSPS) is 17.1. The molecule has 0 unspecified atom stereocenters. The topological polar surface area (TPSA) is 142 Å². The second kappa shape index (κ2) is 7.48. The molecule has 156 valence electrons. The van der Waals surface area contributed by atoms with Crippen molar-refractivity contribution in [1.82, 2.24) is 10.3 Å². The van der Waals surface area contributed by atoms with Crippen LogP contribution in [0.5, 0.6) is 0 Å². The number of likely N-dealkylation sites (N-methyl/N-ethyl adjacent to an activating group) is 1. The molecule has 1 aromatic carbocycles. The number of fused-ring (bicyclic) bond motifs is 1. The first kappa shape index (κ1) is 21.8. The lowest BCUT2D eigenvalue weighted by Crippen LogP contribution is -2.54. The third-order valence-electron chi connectivity index (χ3n) is 4.14. The summed E-state index contributed by atoms with van der Waals surface area (Å²) in [6, 6.07) is 3.20. The molecule has 0 atom stereocenters. The zero-order valence-electron chi connectivity index (χ0n) is 14.7. The van der Waals surface area contributed by atoms with Gasteiger partial charge in [0.25, 0.3) is 0 Å². The molecule has 2 aromatic rings. The maximum Gasteiger partial charge on any atom is 0.485 e. The number of aromatic nitrogens is 2. The molecule has 1 saturated heterocycles. The number of benzene rings is 1. The van der Waals surface area contributed by atoms with E-state index in [0.29, 0.717) is 5.52 Å². The number of nitro benzene ring substituents is 1. The van der Waals surface area contributed by atoms with Crippen molar-refractivity contribution in [3.05, 3.63) is 22.2 Å². The number of rotatable bonds is 2. The van der Waals surface area contributed by atoms with Crippen LogP contribution < -0.4 is 4.90 Å². The molecule has 1 fully saturated rings. The van der Waals surface area contributed by atoms with Gasteiger partial charge < -0.3 is 13.9 Å². The van der Waals surface area contributed by atoms with Crippen LogP contribution >= 0.6 is 0 Å². The van der Waals surface area contributed by atoms with Crippen molar-refractivity contribution < 1.29 is 40.2 Å². The number of halogens is 3. The van der Waals surface area contributed by atoms with E-state index in [0.717, 1.165) is 36.3 Å². The van der Waals surface area contributed by atoms with E-state index in [1.165, 1.54) is 6.07 Å². The average Bonchev–Trinajstić information content (AvgIpc) is 3.02. The number of quaternary nitrogens is 1. The van der Waals surface area contributed by atoms with E-state index in [1.807, 2.05) is 0 Å². The Hall–Kier alpha value is -2.52. The highest BCUT2D eigenvalue weighted by atomic mass is 32.2. The summed E-state index contributed by atoms with van der Waals surface area (Å²) in [5.41, 5.74) is -4.18. The molecule has 1 aliphatic rings. The molecule has 1 aromatic heterocycles. The average molecular weight is 427 g/mol. The Labute approximate surface area is 156 Å². The highest BCUT2D eigenvalue weighted by Crippen LogP contribution is 2.31. The molecule has 28 heavy (non-hydrogen) atoms. The van der Waals surface area contributed by atoms with E-state index in [2.05, 4.69) is 29.3 Å². The number of piperazine rings is 1. The Balaban J connectivity index is 0.000000300. The number of non-ortho nitro benzene ring substituents is 1. The fourth-order valence-corrected chi connectivity index (χ4v) is 2.49. The summed E-state index contributed by atoms with van der Waals surface area (Å²) in [7, 11) is -1.70. The van der Waals surface area contributed by atoms with Crippen molar-refractivity contribution >= 4 is 32.5 Å². The standard InChI is InChI=1S/C12H16N5O3.CHF3O3S/c1-17(2)7-5-15(6-8-17)9-3-4-10(16(18)19)12-11(9)13-20-14-12;2-1(3,4)8(5,6)7/h3-4H,5-8H2,1-2H3;(H,5,6,7)/q+1;/p-1. The summed E-state index contributed by atoms with van der Waals surface area (Å²) < 4.78 is 64.6. The van der Waals surface area contributed by atoms with Crippen molar-refractivity contribution in [3.63, 3.8) is 0 Å². The smallest absolute Gasteiger partial charge is 0.485 e. The summed E-state index contributed by atoms with van der Waals surface area (Å²) in [4.78, 5) is 12.7. The Morgan fingerprint density at radius 1 is 1.18 bits per heavy atom. The molecule has 1 aliphatic heterocycles. The van der Waals surface area contributed by atoms with Gasteiger partial charge in [-0.2, -0.15) is 13.2 Å². The van der Waals surface area contributed by atoms with E-state index in [9.17, 15) is 23.3 Å². The molecular weight excluding hydrogens is 411 g/mol. The summed E-state index contributed by atoms with van der Waals surface area (Å²) >= 11 is 0. The molecule has 11 nitrogen and oxygen atoms in total. The predicted octanol–water partition coefficient (Wildman–Crippen LogP) is 1.08. The Morgan fingerprint density at radius 3 is 2.14 bits per heavy atom. The SMILES string of the molecule is C[N+]1(C)CCN(c2ccc([N+](=O)[O-])c3nonc23)CC1.O=S(=O)([O-])C(F)(F)F. The first-order chi connectivity index (χ1) is 12.7. The van der Waals surface area contributed by atoms with Crippen LogP contribution in [0.3, 0.4) is 0 Å². The van der Waals surface area contributed by atoms with E-state index >= 15 is 0 Å². The second-order valence-electron chi connectivity index (χ2n) is 6.59. The molecule has 0 radical (unpaired) electrons. The van der Waals surface area contributed by atoms with Crippen LogP contribution in [0.4, 0.5) is 24.5 Å². The molecule has 0 bridgehead atoms. The first-order valence-electron chi connectivity index (χ1n) is 7.72. The second-order valence-corrected chi connectivity index (χ2v) is 7.96. The molecular formula is C13H16F3N5O6S. The monoisotopic (exact) mass is 427 g/mol. The van der Waals surface area contributed by atoms with Crippen LogP contribution in [0.25, 0.3) is 11.0 Å². The molecule has 0 amide bonds. The number of anilines is 1. The van der Waals surface area contributed by atoms with Crippen LogP contribution in [0, 0.1) is 10.1 Å². The zero-order valence-corrected chi connectivity index (χ0v) is 15.5. The molecule has 0 N–H and O–H groups in total. The lowest BCUT2D eigenvalue weighted by molar-refractivity contribution is -0.890. The van der Waals surface area contributed by atoms with E-state index in [-0.39, 0.29) is 11.2 Å². The van der Waals surface area contributed by atoms with E-state index in [1.54, 1.807) is 6.07 Å². The third kappa shape index (κ3) is 4.85. The number of nitro groups is 1. The van der Waals surface area contributed by atoms with Gasteiger partial charge in [-0.05, 0) is 16.4 Å². The molecule has 0 saturated carbocycles. The Kier molecular flexibility index (Phi) is 5.82. The van der Waals surface area contributed by atoms with Crippen molar-refractivity contribution in [2.45, 2.75) is 5.51 Å². The van der Waals surface area contributed by atoms with Crippen molar-refractivity contribution in [3.8, 4) is 0 Å². The lowest BCUT2D eigenvalue weighted by Gasteiger charge is -2.39. The summed E-state index contributed by atoms with van der Waals surface area (Å²) in [6.45, 7) is 3.80. The van der Waals surface area contributed by atoms with Crippen LogP contribution in [0.15, 0.2) is 16.8 Å². The van der Waals surface area contributed by atoms with E-state index in [4.69, 9.17) is 17.6 Å².